The van der Waals surface area contributed by atoms with Crippen LogP contribution >= 0.6 is 0 Å². The van der Waals surface area contributed by atoms with Crippen molar-refractivity contribution in [2.75, 3.05) is 13.2 Å². The summed E-state index contributed by atoms with van der Waals surface area (Å²) >= 11 is 0. The van der Waals surface area contributed by atoms with Gasteiger partial charge in [-0.15, -0.1) is 0 Å². The standard InChI is InChI=1S/C14H13FN2O4/c1-7-12(13(14(18)19)17-16-7)8-2-9(15)4-10(3-8)21-11-5-20-6-11/h2-4,11H,5-6H2,1H3,(H,16,17)(H,18,19). The van der Waals surface area contributed by atoms with E-state index in [2.05, 4.69) is 10.2 Å². The van der Waals surface area contributed by atoms with Gasteiger partial charge in [0.2, 0.25) is 0 Å². The quantitative estimate of drug-likeness (QED) is 0.900. The minimum absolute atomic E-state index is 0.0935. The van der Waals surface area contributed by atoms with Crippen LogP contribution in [0.4, 0.5) is 4.39 Å². The molecule has 0 saturated carbocycles. The Morgan fingerprint density at radius 3 is 2.86 bits per heavy atom. The third-order valence-corrected chi connectivity index (χ3v) is 3.22. The molecule has 0 unspecified atom stereocenters. The number of nitrogens with zero attached hydrogens (tertiary/aromatic N) is 1. The molecule has 0 radical (unpaired) electrons. The number of hydrogen-bond donors (Lipinski definition) is 2. The lowest BCUT2D eigenvalue weighted by Gasteiger charge is -2.26. The molecular weight excluding hydrogens is 279 g/mol. The maximum atomic E-state index is 13.8. The van der Waals surface area contributed by atoms with Gasteiger partial charge in [0.15, 0.2) is 5.69 Å². The average Bonchev–Trinajstić information content (AvgIpc) is 2.75. The van der Waals surface area contributed by atoms with Crippen LogP contribution in [0.5, 0.6) is 5.75 Å². The Kier molecular flexibility index (Phi) is 3.34. The van der Waals surface area contributed by atoms with Crippen LogP contribution in [-0.4, -0.2) is 40.6 Å². The summed E-state index contributed by atoms with van der Waals surface area (Å²) in [4.78, 5) is 11.2. The third kappa shape index (κ3) is 2.59. The Bertz CT molecular complexity index is 694. The molecule has 21 heavy (non-hydrogen) atoms. The lowest BCUT2D eigenvalue weighted by molar-refractivity contribution is -0.0797. The van der Waals surface area contributed by atoms with E-state index in [4.69, 9.17) is 14.6 Å². The number of benzene rings is 1. The number of aromatic carboxylic acids is 1. The van der Waals surface area contributed by atoms with E-state index in [1.54, 1.807) is 13.0 Å². The van der Waals surface area contributed by atoms with Crippen molar-refractivity contribution in [1.82, 2.24) is 10.2 Å². The zero-order chi connectivity index (χ0) is 15.0. The maximum Gasteiger partial charge on any atom is 0.357 e. The second-order valence-electron chi connectivity index (χ2n) is 4.83. The summed E-state index contributed by atoms with van der Waals surface area (Å²) in [7, 11) is 0. The van der Waals surface area contributed by atoms with Crippen LogP contribution in [0, 0.1) is 12.7 Å². The van der Waals surface area contributed by atoms with Crippen LogP contribution in [0.1, 0.15) is 16.2 Å². The fourth-order valence-corrected chi connectivity index (χ4v) is 2.19. The molecule has 1 aliphatic rings. The topological polar surface area (TPSA) is 84.4 Å². The average molecular weight is 292 g/mol. The highest BCUT2D eigenvalue weighted by atomic mass is 19.1. The van der Waals surface area contributed by atoms with Crippen molar-refractivity contribution in [3.05, 3.63) is 35.4 Å². The number of aryl methyl sites for hydroxylation is 1. The van der Waals surface area contributed by atoms with Gasteiger partial charge in [0.05, 0.1) is 13.2 Å². The van der Waals surface area contributed by atoms with Crippen LogP contribution in [0.15, 0.2) is 18.2 Å². The summed E-state index contributed by atoms with van der Waals surface area (Å²) < 4.78 is 24.3. The van der Waals surface area contributed by atoms with E-state index in [-0.39, 0.29) is 11.8 Å². The van der Waals surface area contributed by atoms with E-state index < -0.39 is 11.8 Å². The van der Waals surface area contributed by atoms with Crippen molar-refractivity contribution in [3.8, 4) is 16.9 Å². The van der Waals surface area contributed by atoms with Crippen molar-refractivity contribution in [1.29, 1.82) is 0 Å². The Morgan fingerprint density at radius 2 is 2.24 bits per heavy atom. The van der Waals surface area contributed by atoms with Gasteiger partial charge in [-0.2, -0.15) is 5.10 Å². The van der Waals surface area contributed by atoms with Gasteiger partial charge in [-0.25, -0.2) is 9.18 Å². The molecule has 1 saturated heterocycles. The highest BCUT2D eigenvalue weighted by Gasteiger charge is 2.22. The van der Waals surface area contributed by atoms with Gasteiger partial charge >= 0.3 is 5.97 Å². The van der Waals surface area contributed by atoms with Gasteiger partial charge < -0.3 is 14.6 Å². The zero-order valence-corrected chi connectivity index (χ0v) is 11.2. The number of nitrogens with one attached hydrogen (secondary N) is 1. The molecule has 6 nitrogen and oxygen atoms in total. The Labute approximate surface area is 119 Å². The van der Waals surface area contributed by atoms with Crippen LogP contribution in [0.25, 0.3) is 11.1 Å². The smallest absolute Gasteiger partial charge is 0.357 e. The van der Waals surface area contributed by atoms with Gasteiger partial charge in [0.25, 0.3) is 0 Å². The van der Waals surface area contributed by atoms with Crippen molar-refractivity contribution in [2.24, 2.45) is 0 Å². The number of halogens is 1. The summed E-state index contributed by atoms with van der Waals surface area (Å²) in [6, 6.07) is 4.12. The van der Waals surface area contributed by atoms with Crippen LogP contribution < -0.4 is 4.74 Å². The fraction of sp³-hybridized carbons (Fsp3) is 0.286. The van der Waals surface area contributed by atoms with Crippen molar-refractivity contribution in [2.45, 2.75) is 13.0 Å². The number of carboxylic acids is 1. The third-order valence-electron chi connectivity index (χ3n) is 3.22. The zero-order valence-electron chi connectivity index (χ0n) is 11.2. The summed E-state index contributed by atoms with van der Waals surface area (Å²) in [5, 5.41) is 15.5. The summed E-state index contributed by atoms with van der Waals surface area (Å²) in [6.45, 7) is 2.62. The molecule has 1 aromatic heterocycles. The van der Waals surface area contributed by atoms with Gasteiger partial charge in [-0.3, -0.25) is 5.10 Å². The van der Waals surface area contributed by atoms with E-state index in [1.165, 1.54) is 12.1 Å². The first kappa shape index (κ1) is 13.6. The van der Waals surface area contributed by atoms with Crippen LogP contribution in [-0.2, 0) is 4.74 Å². The first-order valence-electron chi connectivity index (χ1n) is 6.38. The molecule has 2 heterocycles. The summed E-state index contributed by atoms with van der Waals surface area (Å²) in [5.74, 6) is -1.33. The predicted octanol–water partition coefficient (Wildman–Crippen LogP) is 2.00. The number of aromatic amines is 1. The first-order chi connectivity index (χ1) is 10.0. The molecule has 3 rings (SSSR count). The van der Waals surface area contributed by atoms with Crippen LogP contribution in [0.3, 0.4) is 0 Å². The number of ether oxygens (including phenoxy) is 2. The molecule has 110 valence electrons. The molecule has 1 aliphatic heterocycles. The first-order valence-corrected chi connectivity index (χ1v) is 6.38. The molecular formula is C14H13FN2O4. The Morgan fingerprint density at radius 1 is 1.48 bits per heavy atom. The molecule has 7 heteroatoms. The fourth-order valence-electron chi connectivity index (χ4n) is 2.19. The number of carbonyl (C=O) groups is 1. The van der Waals surface area contributed by atoms with Gasteiger partial charge in [-0.1, -0.05) is 0 Å². The lowest BCUT2D eigenvalue weighted by Crippen LogP contribution is -2.38. The van der Waals surface area contributed by atoms with Crippen LogP contribution in [0.2, 0.25) is 0 Å². The summed E-state index contributed by atoms with van der Waals surface area (Å²) in [5.41, 5.74) is 1.18. The molecule has 2 aromatic rings. The van der Waals surface area contributed by atoms with E-state index >= 15 is 0 Å². The van der Waals surface area contributed by atoms with Gasteiger partial charge in [0, 0.05) is 17.3 Å². The molecule has 0 bridgehead atoms. The summed E-state index contributed by atoms with van der Waals surface area (Å²) in [6.07, 6.45) is -0.0935. The molecule has 1 aromatic carbocycles. The van der Waals surface area contributed by atoms with E-state index in [0.717, 1.165) is 0 Å². The number of hydrogen-bond acceptors (Lipinski definition) is 4. The van der Waals surface area contributed by atoms with E-state index in [0.29, 0.717) is 35.8 Å². The van der Waals surface area contributed by atoms with Crippen molar-refractivity contribution < 1.29 is 23.8 Å². The highest BCUT2D eigenvalue weighted by molar-refractivity contribution is 5.94. The maximum absolute atomic E-state index is 13.8. The SMILES string of the molecule is Cc1[nH]nc(C(=O)O)c1-c1cc(F)cc(OC2COC2)c1. The monoisotopic (exact) mass is 292 g/mol. The molecule has 0 amide bonds. The molecule has 0 spiro atoms. The number of rotatable bonds is 4. The predicted molar refractivity (Wildman–Crippen MR) is 70.9 cm³/mol. The van der Waals surface area contributed by atoms with E-state index in [9.17, 15) is 9.18 Å². The van der Waals surface area contributed by atoms with E-state index in [1.807, 2.05) is 0 Å². The lowest BCUT2D eigenvalue weighted by atomic mass is 10.0. The van der Waals surface area contributed by atoms with Gasteiger partial charge in [-0.05, 0) is 24.6 Å². The van der Waals surface area contributed by atoms with Crippen molar-refractivity contribution >= 4 is 5.97 Å². The number of H-pyrrole nitrogens is 1. The molecule has 0 atom stereocenters. The Balaban J connectivity index is 2.01. The molecule has 1 fully saturated rings. The highest BCUT2D eigenvalue weighted by Crippen LogP contribution is 2.30. The number of aromatic nitrogens is 2. The van der Waals surface area contributed by atoms with Crippen molar-refractivity contribution in [3.63, 3.8) is 0 Å². The minimum Gasteiger partial charge on any atom is -0.485 e. The second kappa shape index (κ2) is 5.17. The molecule has 2 N–H and O–H groups in total. The second-order valence-corrected chi connectivity index (χ2v) is 4.83. The van der Waals surface area contributed by atoms with Gasteiger partial charge in [0.1, 0.15) is 17.7 Å². The normalized spacial score (nSPS) is 14.8. The Hall–Kier alpha value is -2.41. The molecule has 0 aliphatic carbocycles. The number of carboxylic acid groups (broad SMARTS) is 1. The minimum atomic E-state index is -1.17. The largest absolute Gasteiger partial charge is 0.485 e.